The average Bonchev–Trinajstić information content (AvgIpc) is 2.47. The Kier molecular flexibility index (Phi) is 4.58. The summed E-state index contributed by atoms with van der Waals surface area (Å²) in [5, 5.41) is 3.18. The summed E-state index contributed by atoms with van der Waals surface area (Å²) in [4.78, 5) is 6.38. The van der Waals surface area contributed by atoms with Crippen molar-refractivity contribution < 1.29 is 4.74 Å². The van der Waals surface area contributed by atoms with Crippen LogP contribution in [0.4, 0.5) is 5.69 Å². The molecule has 1 atom stereocenters. The fraction of sp³-hybridized carbons (Fsp3) is 0.312. The number of nitrogens with one attached hydrogen (secondary N) is 1. The highest BCUT2D eigenvalue weighted by atomic mass is 16.5. The Labute approximate surface area is 120 Å². The van der Waals surface area contributed by atoms with Gasteiger partial charge in [0.05, 0.1) is 0 Å². The number of hydrogen-bond acceptors (Lipinski definition) is 4. The van der Waals surface area contributed by atoms with Crippen molar-refractivity contribution in [1.29, 1.82) is 0 Å². The maximum absolute atomic E-state index is 5.78. The highest BCUT2D eigenvalue weighted by molar-refractivity contribution is 5.50. The molecule has 0 amide bonds. The summed E-state index contributed by atoms with van der Waals surface area (Å²) in [7, 11) is 5.94. The standard InChI is InChI=1S/C16H21N3O/c1-12(17-2)13-8-9-16(18-11-13)20-15-7-5-6-14(10-15)19(3)4/h5-12,17H,1-4H3. The molecule has 1 aromatic carbocycles. The molecule has 106 valence electrons. The molecule has 1 aromatic heterocycles. The molecule has 0 aliphatic carbocycles. The lowest BCUT2D eigenvalue weighted by Crippen LogP contribution is -2.12. The van der Waals surface area contributed by atoms with Crippen LogP contribution in [0.5, 0.6) is 11.6 Å². The van der Waals surface area contributed by atoms with E-state index in [1.54, 1.807) is 0 Å². The average molecular weight is 271 g/mol. The van der Waals surface area contributed by atoms with Gasteiger partial charge in [0, 0.05) is 44.2 Å². The lowest BCUT2D eigenvalue weighted by Gasteiger charge is -2.14. The second kappa shape index (κ2) is 6.39. The van der Waals surface area contributed by atoms with Gasteiger partial charge < -0.3 is 15.0 Å². The third kappa shape index (κ3) is 3.48. The van der Waals surface area contributed by atoms with Crippen molar-refractivity contribution in [1.82, 2.24) is 10.3 Å². The minimum Gasteiger partial charge on any atom is -0.439 e. The summed E-state index contributed by atoms with van der Waals surface area (Å²) in [6.45, 7) is 2.10. The third-order valence-corrected chi connectivity index (χ3v) is 3.25. The van der Waals surface area contributed by atoms with Crippen LogP contribution in [0.1, 0.15) is 18.5 Å². The normalized spacial score (nSPS) is 12.0. The predicted molar refractivity (Wildman–Crippen MR) is 82.6 cm³/mol. The van der Waals surface area contributed by atoms with Crippen LogP contribution >= 0.6 is 0 Å². The van der Waals surface area contributed by atoms with E-state index in [4.69, 9.17) is 4.74 Å². The first kappa shape index (κ1) is 14.3. The van der Waals surface area contributed by atoms with Gasteiger partial charge in [-0.15, -0.1) is 0 Å². The van der Waals surface area contributed by atoms with Crippen molar-refractivity contribution in [3.63, 3.8) is 0 Å². The number of anilines is 1. The molecule has 1 heterocycles. The van der Waals surface area contributed by atoms with Crippen molar-refractivity contribution >= 4 is 5.69 Å². The van der Waals surface area contributed by atoms with Gasteiger partial charge in [-0.2, -0.15) is 0 Å². The summed E-state index contributed by atoms with van der Waals surface area (Å²) < 4.78 is 5.78. The molecule has 0 bridgehead atoms. The SMILES string of the molecule is CNC(C)c1ccc(Oc2cccc(N(C)C)c2)nc1. The van der Waals surface area contributed by atoms with Crippen molar-refractivity contribution in [3.8, 4) is 11.6 Å². The van der Waals surface area contributed by atoms with Crippen molar-refractivity contribution in [2.45, 2.75) is 13.0 Å². The van der Waals surface area contributed by atoms with Gasteiger partial charge in [0.25, 0.3) is 0 Å². The van der Waals surface area contributed by atoms with E-state index in [0.717, 1.165) is 17.0 Å². The first-order valence-electron chi connectivity index (χ1n) is 6.68. The zero-order chi connectivity index (χ0) is 14.5. The minimum absolute atomic E-state index is 0.286. The molecule has 0 spiro atoms. The molecule has 4 nitrogen and oxygen atoms in total. The number of nitrogens with zero attached hydrogens (tertiary/aromatic N) is 2. The zero-order valence-electron chi connectivity index (χ0n) is 12.4. The molecule has 0 saturated carbocycles. The van der Waals surface area contributed by atoms with Crippen LogP contribution in [0, 0.1) is 0 Å². The molecule has 0 saturated heterocycles. The molecule has 0 aliphatic heterocycles. The van der Waals surface area contributed by atoms with Crippen LogP contribution in [-0.2, 0) is 0 Å². The monoisotopic (exact) mass is 271 g/mol. The van der Waals surface area contributed by atoms with Crippen molar-refractivity contribution in [2.24, 2.45) is 0 Å². The minimum atomic E-state index is 0.286. The highest BCUT2D eigenvalue weighted by Crippen LogP contribution is 2.24. The zero-order valence-corrected chi connectivity index (χ0v) is 12.4. The lowest BCUT2D eigenvalue weighted by atomic mass is 10.1. The van der Waals surface area contributed by atoms with Crippen molar-refractivity contribution in [3.05, 3.63) is 48.2 Å². The summed E-state index contributed by atoms with van der Waals surface area (Å²) >= 11 is 0. The van der Waals surface area contributed by atoms with Gasteiger partial charge >= 0.3 is 0 Å². The lowest BCUT2D eigenvalue weighted by molar-refractivity contribution is 0.462. The number of ether oxygens (including phenoxy) is 1. The van der Waals surface area contributed by atoms with Gasteiger partial charge in [-0.3, -0.25) is 0 Å². The van der Waals surface area contributed by atoms with E-state index in [-0.39, 0.29) is 6.04 Å². The largest absolute Gasteiger partial charge is 0.439 e. The van der Waals surface area contributed by atoms with Gasteiger partial charge in [0.15, 0.2) is 0 Å². The van der Waals surface area contributed by atoms with E-state index in [1.165, 1.54) is 0 Å². The first-order chi connectivity index (χ1) is 9.60. The topological polar surface area (TPSA) is 37.4 Å². The maximum atomic E-state index is 5.78. The first-order valence-corrected chi connectivity index (χ1v) is 6.68. The molecule has 1 unspecified atom stereocenters. The van der Waals surface area contributed by atoms with E-state index in [9.17, 15) is 0 Å². The van der Waals surface area contributed by atoms with E-state index < -0.39 is 0 Å². The fourth-order valence-corrected chi connectivity index (χ4v) is 1.82. The smallest absolute Gasteiger partial charge is 0.219 e. The summed E-state index contributed by atoms with van der Waals surface area (Å²) in [6.07, 6.45) is 1.84. The summed E-state index contributed by atoms with van der Waals surface area (Å²) in [5.41, 5.74) is 2.24. The third-order valence-electron chi connectivity index (χ3n) is 3.25. The number of rotatable bonds is 5. The number of aromatic nitrogens is 1. The molecule has 0 aliphatic rings. The molecule has 0 fully saturated rings. The quantitative estimate of drug-likeness (QED) is 0.906. The Hall–Kier alpha value is -2.07. The van der Waals surface area contributed by atoms with Gasteiger partial charge in [0.1, 0.15) is 5.75 Å². The van der Waals surface area contributed by atoms with Crippen LogP contribution < -0.4 is 15.0 Å². The summed E-state index contributed by atoms with van der Waals surface area (Å²) in [6, 6.07) is 12.1. The van der Waals surface area contributed by atoms with E-state index in [2.05, 4.69) is 17.2 Å². The van der Waals surface area contributed by atoms with E-state index >= 15 is 0 Å². The Bertz CT molecular complexity index is 552. The molecule has 2 rings (SSSR count). The van der Waals surface area contributed by atoms with Gasteiger partial charge in [-0.05, 0) is 31.7 Å². The number of pyridine rings is 1. The van der Waals surface area contributed by atoms with Crippen molar-refractivity contribution in [2.75, 3.05) is 26.0 Å². The van der Waals surface area contributed by atoms with Crippen LogP contribution in [0.15, 0.2) is 42.6 Å². The summed E-state index contributed by atoms with van der Waals surface area (Å²) in [5.74, 6) is 1.39. The Balaban J connectivity index is 2.12. The molecular formula is C16H21N3O. The maximum Gasteiger partial charge on any atom is 0.219 e. The molecule has 4 heteroatoms. The fourth-order valence-electron chi connectivity index (χ4n) is 1.82. The van der Waals surface area contributed by atoms with E-state index in [0.29, 0.717) is 5.88 Å². The Morgan fingerprint density at radius 2 is 2.00 bits per heavy atom. The van der Waals surface area contributed by atoms with Crippen LogP contribution in [0.25, 0.3) is 0 Å². The molecular weight excluding hydrogens is 250 g/mol. The molecule has 1 N–H and O–H groups in total. The van der Waals surface area contributed by atoms with Gasteiger partial charge in [0.2, 0.25) is 5.88 Å². The second-order valence-electron chi connectivity index (χ2n) is 4.93. The molecule has 0 radical (unpaired) electrons. The van der Waals surface area contributed by atoms with Crippen LogP contribution in [-0.4, -0.2) is 26.1 Å². The Morgan fingerprint density at radius 1 is 1.20 bits per heavy atom. The van der Waals surface area contributed by atoms with E-state index in [1.807, 2.05) is 68.6 Å². The highest BCUT2D eigenvalue weighted by Gasteiger charge is 2.05. The second-order valence-corrected chi connectivity index (χ2v) is 4.93. The van der Waals surface area contributed by atoms with Gasteiger partial charge in [-0.1, -0.05) is 12.1 Å². The predicted octanol–water partition coefficient (Wildman–Crippen LogP) is 3.22. The van der Waals surface area contributed by atoms with Crippen LogP contribution in [0.3, 0.4) is 0 Å². The molecule has 2 aromatic rings. The van der Waals surface area contributed by atoms with Crippen LogP contribution in [0.2, 0.25) is 0 Å². The van der Waals surface area contributed by atoms with Gasteiger partial charge in [-0.25, -0.2) is 4.98 Å². The Morgan fingerprint density at radius 3 is 2.60 bits per heavy atom. The molecule has 20 heavy (non-hydrogen) atoms. The number of benzene rings is 1. The number of hydrogen-bond donors (Lipinski definition) is 1.